The maximum atomic E-state index is 13.0. The molecule has 2 N–H and O–H groups in total. The summed E-state index contributed by atoms with van der Waals surface area (Å²) < 4.78 is 2.08. The molecule has 186 valence electrons. The first-order valence-corrected chi connectivity index (χ1v) is 12.5. The summed E-state index contributed by atoms with van der Waals surface area (Å²) in [6.07, 6.45) is 9.61. The molecule has 3 aromatic heterocycles. The molecule has 0 radical (unpaired) electrons. The van der Waals surface area contributed by atoms with Crippen LogP contribution in [0.15, 0.2) is 79.5 Å². The average molecular weight is 493 g/mol. The van der Waals surface area contributed by atoms with Crippen molar-refractivity contribution in [2.24, 2.45) is 13.0 Å². The molecule has 1 saturated heterocycles. The Kier molecular flexibility index (Phi) is 6.02. The first-order chi connectivity index (χ1) is 18.1. The first kappa shape index (κ1) is 23.1. The van der Waals surface area contributed by atoms with E-state index in [0.29, 0.717) is 11.2 Å². The highest BCUT2D eigenvalue weighted by atomic mass is 16.4. The Bertz CT molecular complexity index is 1580. The number of carbonyl (C=O) groups is 1. The lowest BCUT2D eigenvalue weighted by Gasteiger charge is -2.38. The molecule has 37 heavy (non-hydrogen) atoms. The minimum atomic E-state index is -0.993. The van der Waals surface area contributed by atoms with E-state index >= 15 is 0 Å². The predicted molar refractivity (Wildman–Crippen MR) is 145 cm³/mol. The van der Waals surface area contributed by atoms with Gasteiger partial charge >= 0.3 is 6.09 Å². The SMILES string of the molecule is Cn1ccc2ccc(-c3cc(N(C(=O)O)C(c4ccncc4)C4CCNCC4)cc4nccnc34)cc21. The number of fused-ring (bicyclic) bond motifs is 2. The van der Waals surface area contributed by atoms with Crippen LogP contribution in [0.25, 0.3) is 33.1 Å². The third-order valence-corrected chi connectivity index (χ3v) is 7.40. The first-order valence-electron chi connectivity index (χ1n) is 12.5. The van der Waals surface area contributed by atoms with Gasteiger partial charge in [0.15, 0.2) is 0 Å². The van der Waals surface area contributed by atoms with Gasteiger partial charge in [-0.05, 0) is 84.8 Å². The van der Waals surface area contributed by atoms with Gasteiger partial charge in [-0.3, -0.25) is 19.9 Å². The van der Waals surface area contributed by atoms with Gasteiger partial charge in [0.25, 0.3) is 0 Å². The Morgan fingerprint density at radius 3 is 2.59 bits per heavy atom. The van der Waals surface area contributed by atoms with Crippen molar-refractivity contribution in [3.63, 3.8) is 0 Å². The molecule has 4 heterocycles. The number of anilines is 1. The van der Waals surface area contributed by atoms with E-state index in [2.05, 4.69) is 49.1 Å². The van der Waals surface area contributed by atoms with E-state index < -0.39 is 6.09 Å². The summed E-state index contributed by atoms with van der Waals surface area (Å²) in [7, 11) is 2.02. The van der Waals surface area contributed by atoms with Crippen LogP contribution < -0.4 is 10.2 Å². The number of aryl methyl sites for hydroxylation is 1. The number of hydrogen-bond acceptors (Lipinski definition) is 5. The molecule has 1 atom stereocenters. The fourth-order valence-corrected chi connectivity index (χ4v) is 5.59. The smallest absolute Gasteiger partial charge is 0.412 e. The van der Waals surface area contributed by atoms with Gasteiger partial charge in [0, 0.05) is 49.1 Å². The standard InChI is InChI=1S/C29H28N6O2/c1-34-15-8-19-2-3-22(16-26(19)34)24-17-23(18-25-27(24)33-14-13-32-25)35(29(36)37)28(20-4-9-30-10-5-20)21-6-11-31-12-7-21/h2-5,8-10,13-18,21,28,31H,6-7,11-12H2,1H3,(H,36,37). The number of hydrogen-bond donors (Lipinski definition) is 2. The van der Waals surface area contributed by atoms with E-state index in [0.717, 1.165) is 59.0 Å². The fourth-order valence-electron chi connectivity index (χ4n) is 5.59. The number of amides is 1. The minimum Gasteiger partial charge on any atom is -0.465 e. The van der Waals surface area contributed by atoms with Crippen LogP contribution in [0.1, 0.15) is 24.4 Å². The second kappa shape index (κ2) is 9.63. The summed E-state index contributed by atoms with van der Waals surface area (Å²) in [4.78, 5) is 27.9. The van der Waals surface area contributed by atoms with E-state index in [1.54, 1.807) is 24.8 Å². The van der Waals surface area contributed by atoms with E-state index in [1.807, 2.05) is 37.5 Å². The van der Waals surface area contributed by atoms with E-state index in [4.69, 9.17) is 0 Å². The molecule has 8 nitrogen and oxygen atoms in total. The minimum absolute atomic E-state index is 0.167. The third kappa shape index (κ3) is 4.29. The molecule has 1 aliphatic heterocycles. The van der Waals surface area contributed by atoms with Gasteiger partial charge in [-0.1, -0.05) is 12.1 Å². The molecule has 1 amide bonds. The van der Waals surface area contributed by atoms with Crippen molar-refractivity contribution < 1.29 is 9.90 Å². The summed E-state index contributed by atoms with van der Waals surface area (Å²) in [5.41, 5.74) is 5.85. The van der Waals surface area contributed by atoms with Crippen LogP contribution in [0.5, 0.6) is 0 Å². The summed E-state index contributed by atoms with van der Waals surface area (Å²) in [6.45, 7) is 1.73. The largest absolute Gasteiger partial charge is 0.465 e. The van der Waals surface area contributed by atoms with Crippen LogP contribution in [0.2, 0.25) is 0 Å². The average Bonchev–Trinajstić information content (AvgIpc) is 3.31. The number of piperidine rings is 1. The molecule has 0 bridgehead atoms. The number of rotatable bonds is 5. The highest BCUT2D eigenvalue weighted by Gasteiger charge is 2.35. The lowest BCUT2D eigenvalue weighted by molar-refractivity contribution is 0.192. The number of nitrogens with zero attached hydrogens (tertiary/aromatic N) is 5. The second-order valence-corrected chi connectivity index (χ2v) is 9.58. The molecule has 1 aliphatic rings. The molecule has 8 heteroatoms. The normalized spacial score (nSPS) is 15.2. The van der Waals surface area contributed by atoms with E-state index in [-0.39, 0.29) is 12.0 Å². The summed E-state index contributed by atoms with van der Waals surface area (Å²) >= 11 is 0. The van der Waals surface area contributed by atoms with Crippen LogP contribution in [0.3, 0.4) is 0 Å². The zero-order valence-electron chi connectivity index (χ0n) is 20.6. The van der Waals surface area contributed by atoms with Crippen molar-refractivity contribution in [2.45, 2.75) is 18.9 Å². The van der Waals surface area contributed by atoms with Gasteiger partial charge in [0.1, 0.15) is 0 Å². The Balaban J connectivity index is 1.55. The van der Waals surface area contributed by atoms with Gasteiger partial charge in [-0.2, -0.15) is 0 Å². The van der Waals surface area contributed by atoms with Gasteiger partial charge in [0.2, 0.25) is 0 Å². The van der Waals surface area contributed by atoms with E-state index in [9.17, 15) is 9.90 Å². The van der Waals surface area contributed by atoms with Crippen LogP contribution in [0, 0.1) is 5.92 Å². The number of carboxylic acid groups (broad SMARTS) is 1. The van der Waals surface area contributed by atoms with Gasteiger partial charge in [-0.25, -0.2) is 4.79 Å². The molecule has 0 spiro atoms. The molecule has 6 rings (SSSR count). The molecule has 1 fully saturated rings. The number of aromatic nitrogens is 4. The van der Waals surface area contributed by atoms with Crippen LogP contribution in [-0.4, -0.2) is 43.8 Å². The van der Waals surface area contributed by atoms with Gasteiger partial charge < -0.3 is 15.0 Å². The van der Waals surface area contributed by atoms with Gasteiger partial charge in [-0.15, -0.1) is 0 Å². The van der Waals surface area contributed by atoms with Crippen molar-refractivity contribution in [3.05, 3.63) is 85.1 Å². The molecule has 1 unspecified atom stereocenters. The zero-order valence-corrected chi connectivity index (χ0v) is 20.6. The Hall–Kier alpha value is -4.30. The summed E-state index contributed by atoms with van der Waals surface area (Å²) in [5.74, 6) is 0.167. The van der Waals surface area contributed by atoms with Crippen LogP contribution in [0.4, 0.5) is 10.5 Å². The summed E-state index contributed by atoms with van der Waals surface area (Å²) in [6, 6.07) is 15.7. The molecular weight excluding hydrogens is 464 g/mol. The summed E-state index contributed by atoms with van der Waals surface area (Å²) in [5, 5.41) is 15.2. The highest BCUT2D eigenvalue weighted by Crippen LogP contribution is 2.40. The second-order valence-electron chi connectivity index (χ2n) is 9.58. The van der Waals surface area contributed by atoms with Crippen molar-refractivity contribution in [3.8, 4) is 11.1 Å². The maximum Gasteiger partial charge on any atom is 0.412 e. The number of nitrogens with one attached hydrogen (secondary N) is 1. The molecular formula is C29H28N6O2. The lowest BCUT2D eigenvalue weighted by Crippen LogP contribution is -2.41. The lowest BCUT2D eigenvalue weighted by atomic mass is 9.85. The third-order valence-electron chi connectivity index (χ3n) is 7.40. The number of benzene rings is 2. The highest BCUT2D eigenvalue weighted by molar-refractivity contribution is 5.99. The van der Waals surface area contributed by atoms with E-state index in [1.165, 1.54) is 4.90 Å². The topological polar surface area (TPSA) is 96.2 Å². The molecule has 2 aromatic carbocycles. The molecule has 5 aromatic rings. The Morgan fingerprint density at radius 2 is 1.81 bits per heavy atom. The number of pyridine rings is 1. The van der Waals surface area contributed by atoms with Crippen molar-refractivity contribution >= 4 is 33.7 Å². The monoisotopic (exact) mass is 492 g/mol. The van der Waals surface area contributed by atoms with Crippen molar-refractivity contribution in [1.29, 1.82) is 0 Å². The Labute approximate surface area is 214 Å². The molecule has 0 saturated carbocycles. The van der Waals surface area contributed by atoms with Crippen molar-refractivity contribution in [1.82, 2.24) is 24.8 Å². The Morgan fingerprint density at radius 1 is 1.03 bits per heavy atom. The molecule has 0 aliphatic carbocycles. The fraction of sp³-hybridized carbons (Fsp3) is 0.241. The van der Waals surface area contributed by atoms with Crippen LogP contribution in [-0.2, 0) is 7.05 Å². The quantitative estimate of drug-likeness (QED) is 0.341. The maximum absolute atomic E-state index is 13.0. The predicted octanol–water partition coefficient (Wildman–Crippen LogP) is 5.41. The van der Waals surface area contributed by atoms with Crippen molar-refractivity contribution in [2.75, 3.05) is 18.0 Å². The van der Waals surface area contributed by atoms with Gasteiger partial charge in [0.05, 0.1) is 22.8 Å². The van der Waals surface area contributed by atoms with Crippen LogP contribution >= 0.6 is 0 Å². The zero-order chi connectivity index (χ0) is 25.4.